The summed E-state index contributed by atoms with van der Waals surface area (Å²) in [6.45, 7) is 11.6. The van der Waals surface area contributed by atoms with Crippen molar-refractivity contribution in [3.05, 3.63) is 11.9 Å². The van der Waals surface area contributed by atoms with E-state index in [1.165, 1.54) is 0 Å². The molecule has 1 aromatic rings. The van der Waals surface area contributed by atoms with E-state index in [1.807, 2.05) is 40.8 Å². The highest BCUT2D eigenvalue weighted by Crippen LogP contribution is 2.20. The Balaban J connectivity index is 1.85. The van der Waals surface area contributed by atoms with Gasteiger partial charge in [0.25, 0.3) is 0 Å². The van der Waals surface area contributed by atoms with Gasteiger partial charge in [-0.3, -0.25) is 4.79 Å². The second kappa shape index (κ2) is 6.46. The summed E-state index contributed by atoms with van der Waals surface area (Å²) < 4.78 is 13.3. The summed E-state index contributed by atoms with van der Waals surface area (Å²) in [6, 6.07) is 0. The smallest absolute Gasteiger partial charge is 0.138 e. The van der Waals surface area contributed by atoms with Crippen LogP contribution in [-0.4, -0.2) is 45.7 Å². The van der Waals surface area contributed by atoms with Crippen molar-refractivity contribution < 1.29 is 14.3 Å². The van der Waals surface area contributed by atoms with Gasteiger partial charge in [-0.15, -0.1) is 5.10 Å². The first-order chi connectivity index (χ1) is 10.2. The fourth-order valence-electron chi connectivity index (χ4n) is 2.41. The summed E-state index contributed by atoms with van der Waals surface area (Å²) >= 11 is 0. The lowest BCUT2D eigenvalue weighted by molar-refractivity contribution is -0.186. The molecule has 2 rings (SSSR count). The van der Waals surface area contributed by atoms with Crippen molar-refractivity contribution in [2.24, 2.45) is 5.41 Å². The van der Waals surface area contributed by atoms with Crippen molar-refractivity contribution in [3.63, 3.8) is 0 Å². The van der Waals surface area contributed by atoms with E-state index < -0.39 is 0 Å². The van der Waals surface area contributed by atoms with Crippen LogP contribution in [0.2, 0.25) is 0 Å². The standard InChI is InChI=1S/C16H27N3O3/c1-15(2,3)14(20)7-6-12-8-19(18-17-12)9-13-10-21-11-16(4,5)22-13/h8,13H,6-7,9-11H2,1-5H3. The first-order valence-corrected chi connectivity index (χ1v) is 7.84. The number of hydrogen-bond donors (Lipinski definition) is 0. The zero-order chi connectivity index (χ0) is 16.4. The highest BCUT2D eigenvalue weighted by Gasteiger charge is 2.29. The Morgan fingerprint density at radius 1 is 1.45 bits per heavy atom. The van der Waals surface area contributed by atoms with E-state index >= 15 is 0 Å². The van der Waals surface area contributed by atoms with Gasteiger partial charge in [0, 0.05) is 24.5 Å². The molecular formula is C16H27N3O3. The predicted octanol–water partition coefficient (Wildman–Crippen LogP) is 2.02. The Kier molecular flexibility index (Phi) is 5.02. The van der Waals surface area contributed by atoms with Crippen molar-refractivity contribution >= 4 is 5.78 Å². The second-order valence-corrected chi connectivity index (χ2v) is 7.62. The number of carbonyl (C=O) groups is 1. The van der Waals surface area contributed by atoms with Crippen LogP contribution in [0.5, 0.6) is 0 Å². The van der Waals surface area contributed by atoms with Crippen LogP contribution in [0.15, 0.2) is 6.20 Å². The number of hydrogen-bond acceptors (Lipinski definition) is 5. The van der Waals surface area contributed by atoms with Crippen molar-refractivity contribution in [2.75, 3.05) is 13.2 Å². The topological polar surface area (TPSA) is 66.2 Å². The molecular weight excluding hydrogens is 282 g/mol. The molecule has 0 aromatic carbocycles. The average molecular weight is 309 g/mol. The van der Waals surface area contributed by atoms with Crippen molar-refractivity contribution in [3.8, 4) is 0 Å². The molecule has 0 aliphatic carbocycles. The molecule has 0 spiro atoms. The molecule has 0 saturated carbocycles. The third kappa shape index (κ3) is 4.88. The first kappa shape index (κ1) is 17.1. The van der Waals surface area contributed by atoms with Crippen LogP contribution >= 0.6 is 0 Å². The summed E-state index contributed by atoms with van der Waals surface area (Å²) in [4.78, 5) is 11.9. The van der Waals surface area contributed by atoms with Gasteiger partial charge in [-0.1, -0.05) is 26.0 Å². The zero-order valence-corrected chi connectivity index (χ0v) is 14.3. The number of carbonyl (C=O) groups excluding carboxylic acids is 1. The zero-order valence-electron chi connectivity index (χ0n) is 14.3. The minimum atomic E-state index is -0.297. The predicted molar refractivity (Wildman–Crippen MR) is 82.6 cm³/mol. The Morgan fingerprint density at radius 2 is 2.18 bits per heavy atom. The van der Waals surface area contributed by atoms with Crippen LogP contribution in [0.25, 0.3) is 0 Å². The summed E-state index contributed by atoms with van der Waals surface area (Å²) in [5, 5.41) is 8.25. The van der Waals surface area contributed by atoms with Gasteiger partial charge in [0.05, 0.1) is 31.1 Å². The maximum absolute atomic E-state index is 11.9. The second-order valence-electron chi connectivity index (χ2n) is 7.62. The van der Waals surface area contributed by atoms with Gasteiger partial charge in [0.2, 0.25) is 0 Å². The molecule has 1 aliphatic heterocycles. The van der Waals surface area contributed by atoms with Gasteiger partial charge < -0.3 is 9.47 Å². The van der Waals surface area contributed by atoms with Crippen molar-refractivity contribution in [2.45, 2.75) is 65.7 Å². The normalized spacial score (nSPS) is 21.8. The summed E-state index contributed by atoms with van der Waals surface area (Å²) in [5.41, 5.74) is 0.286. The Labute approximate surface area is 132 Å². The minimum Gasteiger partial charge on any atom is -0.376 e. The molecule has 2 heterocycles. The maximum atomic E-state index is 11.9. The molecule has 1 aromatic heterocycles. The number of aromatic nitrogens is 3. The molecule has 6 heteroatoms. The quantitative estimate of drug-likeness (QED) is 0.832. The van der Waals surface area contributed by atoms with E-state index in [0.717, 1.165) is 5.69 Å². The van der Waals surface area contributed by atoms with E-state index in [-0.39, 0.29) is 22.9 Å². The van der Waals surface area contributed by atoms with Gasteiger partial charge >= 0.3 is 0 Å². The van der Waals surface area contributed by atoms with E-state index in [4.69, 9.17) is 9.47 Å². The summed E-state index contributed by atoms with van der Waals surface area (Å²) in [5.74, 6) is 0.243. The van der Waals surface area contributed by atoms with Crippen LogP contribution in [0.1, 0.15) is 46.7 Å². The molecule has 0 radical (unpaired) electrons. The first-order valence-electron chi connectivity index (χ1n) is 7.84. The third-order valence-electron chi connectivity index (χ3n) is 3.66. The van der Waals surface area contributed by atoms with Crippen LogP contribution in [-0.2, 0) is 27.2 Å². The highest BCUT2D eigenvalue weighted by atomic mass is 16.6. The monoisotopic (exact) mass is 309 g/mol. The fourth-order valence-corrected chi connectivity index (χ4v) is 2.41. The number of ether oxygens (including phenoxy) is 2. The van der Waals surface area contributed by atoms with E-state index in [1.54, 1.807) is 4.68 Å². The molecule has 1 saturated heterocycles. The molecule has 6 nitrogen and oxygen atoms in total. The van der Waals surface area contributed by atoms with Gasteiger partial charge in [-0.25, -0.2) is 4.68 Å². The van der Waals surface area contributed by atoms with E-state index in [2.05, 4.69) is 10.3 Å². The summed E-state index contributed by atoms with van der Waals surface area (Å²) in [7, 11) is 0. The lowest BCUT2D eigenvalue weighted by Crippen LogP contribution is -2.44. The van der Waals surface area contributed by atoms with Crippen LogP contribution in [0, 0.1) is 5.41 Å². The maximum Gasteiger partial charge on any atom is 0.138 e. The number of Topliss-reactive ketones (excluding diaryl/α,β-unsaturated/α-hetero) is 1. The molecule has 1 aliphatic rings. The SMILES string of the molecule is CC1(C)COCC(Cn2cc(CCC(=O)C(C)(C)C)nn2)O1. The lowest BCUT2D eigenvalue weighted by atomic mass is 9.88. The van der Waals surface area contributed by atoms with Gasteiger partial charge in [0.15, 0.2) is 0 Å². The fraction of sp³-hybridized carbons (Fsp3) is 0.812. The molecule has 22 heavy (non-hydrogen) atoms. The van der Waals surface area contributed by atoms with Crippen LogP contribution in [0.4, 0.5) is 0 Å². The Bertz CT molecular complexity index is 517. The van der Waals surface area contributed by atoms with Crippen LogP contribution < -0.4 is 0 Å². The van der Waals surface area contributed by atoms with E-state index in [9.17, 15) is 4.79 Å². The number of nitrogens with zero attached hydrogens (tertiary/aromatic N) is 3. The van der Waals surface area contributed by atoms with Crippen molar-refractivity contribution in [1.82, 2.24) is 15.0 Å². The van der Waals surface area contributed by atoms with Gasteiger partial charge in [-0.2, -0.15) is 0 Å². The molecule has 124 valence electrons. The minimum absolute atomic E-state index is 0.0190. The average Bonchev–Trinajstić information content (AvgIpc) is 2.81. The molecule has 1 fully saturated rings. The summed E-state index contributed by atoms with van der Waals surface area (Å²) in [6.07, 6.45) is 3.00. The molecule has 1 unspecified atom stereocenters. The largest absolute Gasteiger partial charge is 0.376 e. The third-order valence-corrected chi connectivity index (χ3v) is 3.66. The highest BCUT2D eigenvalue weighted by molar-refractivity contribution is 5.83. The lowest BCUT2D eigenvalue weighted by Gasteiger charge is -2.35. The van der Waals surface area contributed by atoms with Crippen molar-refractivity contribution in [1.29, 1.82) is 0 Å². The number of rotatable bonds is 5. The Hall–Kier alpha value is -1.27. The Morgan fingerprint density at radius 3 is 2.82 bits per heavy atom. The molecule has 1 atom stereocenters. The molecule has 0 bridgehead atoms. The molecule has 0 amide bonds. The molecule has 0 N–H and O–H groups in total. The van der Waals surface area contributed by atoms with E-state index in [0.29, 0.717) is 32.6 Å². The van der Waals surface area contributed by atoms with Gasteiger partial charge in [-0.05, 0) is 13.8 Å². The van der Waals surface area contributed by atoms with Gasteiger partial charge in [0.1, 0.15) is 11.9 Å². The number of aryl methyl sites for hydroxylation is 1. The van der Waals surface area contributed by atoms with Crippen LogP contribution in [0.3, 0.4) is 0 Å². The number of ketones is 1.